The fourth-order valence-electron chi connectivity index (χ4n) is 3.82. The van der Waals surface area contributed by atoms with Crippen LogP contribution >= 0.6 is 0 Å². The molecule has 2 aromatic heterocycles. The maximum atomic E-state index is 13.0. The third-order valence-electron chi connectivity index (χ3n) is 5.50. The third kappa shape index (κ3) is 4.34. The van der Waals surface area contributed by atoms with E-state index in [1.807, 2.05) is 12.1 Å². The Bertz CT molecular complexity index is 1140. The van der Waals surface area contributed by atoms with Crippen molar-refractivity contribution in [2.45, 2.75) is 32.4 Å². The maximum Gasteiger partial charge on any atom is 0.272 e. The van der Waals surface area contributed by atoms with Crippen LogP contribution < -0.4 is 5.32 Å². The van der Waals surface area contributed by atoms with E-state index < -0.39 is 11.0 Å². The van der Waals surface area contributed by atoms with Crippen LogP contribution in [0.1, 0.15) is 34.3 Å². The van der Waals surface area contributed by atoms with E-state index in [-0.39, 0.29) is 17.5 Å². The van der Waals surface area contributed by atoms with Crippen LogP contribution in [-0.2, 0) is 11.3 Å². The van der Waals surface area contributed by atoms with Crippen LogP contribution in [0.4, 0.5) is 5.69 Å². The molecule has 32 heavy (non-hydrogen) atoms. The smallest absolute Gasteiger partial charge is 0.272 e. The number of carbonyl (C=O) groups excluding carboxylic acids is 2. The molecule has 3 heterocycles. The molecule has 3 aromatic rings. The van der Waals surface area contributed by atoms with Gasteiger partial charge in [0.25, 0.3) is 11.6 Å². The number of imidazole rings is 1. The zero-order chi connectivity index (χ0) is 22.7. The van der Waals surface area contributed by atoms with E-state index >= 15 is 0 Å². The number of amides is 2. The van der Waals surface area contributed by atoms with Crippen LogP contribution in [0.2, 0.25) is 0 Å². The highest BCUT2D eigenvalue weighted by molar-refractivity contribution is 5.98. The lowest BCUT2D eigenvalue weighted by molar-refractivity contribution is -0.385. The third-order valence-corrected chi connectivity index (χ3v) is 5.50. The van der Waals surface area contributed by atoms with E-state index in [9.17, 15) is 19.7 Å². The fourth-order valence-corrected chi connectivity index (χ4v) is 3.82. The molecule has 10 nitrogen and oxygen atoms in total. The number of nitro benzene ring substituents is 1. The molecule has 1 aromatic carbocycles. The average molecular weight is 434 g/mol. The quantitative estimate of drug-likeness (QED) is 0.469. The Morgan fingerprint density at radius 2 is 2.12 bits per heavy atom. The van der Waals surface area contributed by atoms with Crippen molar-refractivity contribution in [1.82, 2.24) is 24.8 Å². The van der Waals surface area contributed by atoms with E-state index in [1.165, 1.54) is 23.1 Å². The summed E-state index contributed by atoms with van der Waals surface area (Å²) in [5.74, 6) is 0.198. The number of rotatable bonds is 6. The van der Waals surface area contributed by atoms with Gasteiger partial charge in [-0.15, -0.1) is 0 Å². The molecule has 4 rings (SSSR count). The summed E-state index contributed by atoms with van der Waals surface area (Å²) >= 11 is 0. The maximum absolute atomic E-state index is 13.0. The minimum Gasteiger partial charge on any atom is -0.350 e. The van der Waals surface area contributed by atoms with Crippen molar-refractivity contribution in [3.8, 4) is 5.82 Å². The highest BCUT2D eigenvalue weighted by atomic mass is 16.6. The predicted molar refractivity (Wildman–Crippen MR) is 115 cm³/mol. The van der Waals surface area contributed by atoms with Crippen LogP contribution in [0.3, 0.4) is 0 Å². The van der Waals surface area contributed by atoms with Crippen LogP contribution in [0, 0.1) is 17.0 Å². The molecule has 1 atom stereocenters. The van der Waals surface area contributed by atoms with E-state index in [1.54, 1.807) is 36.4 Å². The second kappa shape index (κ2) is 8.96. The number of carbonyl (C=O) groups is 2. The molecule has 0 saturated carbocycles. The van der Waals surface area contributed by atoms with Gasteiger partial charge >= 0.3 is 0 Å². The topological polar surface area (TPSA) is 123 Å². The van der Waals surface area contributed by atoms with E-state index in [0.717, 1.165) is 17.8 Å². The van der Waals surface area contributed by atoms with Gasteiger partial charge in [0.2, 0.25) is 5.91 Å². The van der Waals surface area contributed by atoms with Gasteiger partial charge in [-0.3, -0.25) is 24.3 Å². The van der Waals surface area contributed by atoms with Crippen molar-refractivity contribution in [1.29, 1.82) is 0 Å². The molecule has 0 aliphatic carbocycles. The van der Waals surface area contributed by atoms with Gasteiger partial charge in [0.15, 0.2) is 0 Å². The molecule has 1 saturated heterocycles. The highest BCUT2D eigenvalue weighted by Crippen LogP contribution is 2.24. The number of likely N-dealkylation sites (tertiary alicyclic amines) is 1. The highest BCUT2D eigenvalue weighted by Gasteiger charge is 2.34. The largest absolute Gasteiger partial charge is 0.350 e. The average Bonchev–Trinajstić information content (AvgIpc) is 3.49. The second-order valence-corrected chi connectivity index (χ2v) is 7.63. The number of nitrogens with one attached hydrogen (secondary N) is 1. The monoisotopic (exact) mass is 434 g/mol. The van der Waals surface area contributed by atoms with Gasteiger partial charge in [0.1, 0.15) is 18.2 Å². The molecule has 164 valence electrons. The summed E-state index contributed by atoms with van der Waals surface area (Å²) in [5.41, 5.74) is 1.55. The first-order valence-electron chi connectivity index (χ1n) is 10.2. The Morgan fingerprint density at radius 1 is 1.28 bits per heavy atom. The summed E-state index contributed by atoms with van der Waals surface area (Å²) in [6.07, 6.45) is 8.09. The molecular weight excluding hydrogens is 412 g/mol. The molecule has 1 N–H and O–H groups in total. The summed E-state index contributed by atoms with van der Waals surface area (Å²) in [4.78, 5) is 46.2. The van der Waals surface area contributed by atoms with Gasteiger partial charge < -0.3 is 10.2 Å². The molecular formula is C22H22N6O4. The van der Waals surface area contributed by atoms with Gasteiger partial charge in [-0.2, -0.15) is 0 Å². The fraction of sp³-hybridized carbons (Fsp3) is 0.273. The Kier molecular flexibility index (Phi) is 5.93. The van der Waals surface area contributed by atoms with Crippen LogP contribution in [0.15, 0.2) is 55.2 Å². The van der Waals surface area contributed by atoms with Gasteiger partial charge in [-0.1, -0.05) is 6.07 Å². The summed E-state index contributed by atoms with van der Waals surface area (Å²) in [7, 11) is 0. The van der Waals surface area contributed by atoms with Crippen molar-refractivity contribution < 1.29 is 14.5 Å². The van der Waals surface area contributed by atoms with Crippen molar-refractivity contribution in [2.24, 2.45) is 0 Å². The lowest BCUT2D eigenvalue weighted by atomic mass is 10.1. The van der Waals surface area contributed by atoms with Crippen molar-refractivity contribution in [3.05, 3.63) is 82.1 Å². The number of aryl methyl sites for hydroxylation is 1. The molecule has 1 unspecified atom stereocenters. The van der Waals surface area contributed by atoms with Gasteiger partial charge in [0, 0.05) is 48.9 Å². The number of hydrogen-bond donors (Lipinski definition) is 1. The van der Waals surface area contributed by atoms with E-state index in [4.69, 9.17) is 0 Å². The standard InChI is InChI=1S/C22H22N6O4/c1-15-11-17(5-6-18(15)28(31)32)22(30)27-9-2-3-19(27)21(29)25-13-16-4-7-20(24-12-16)26-10-8-23-14-26/h4-8,10-12,14,19H,2-3,9,13H2,1H3,(H,25,29). The van der Waals surface area contributed by atoms with Crippen molar-refractivity contribution in [2.75, 3.05) is 6.54 Å². The van der Waals surface area contributed by atoms with E-state index in [2.05, 4.69) is 15.3 Å². The Hall–Kier alpha value is -4.08. The van der Waals surface area contributed by atoms with Crippen molar-refractivity contribution >= 4 is 17.5 Å². The first kappa shape index (κ1) is 21.2. The number of benzene rings is 1. The lowest BCUT2D eigenvalue weighted by Crippen LogP contribution is -2.45. The molecule has 1 aliphatic rings. The molecule has 10 heteroatoms. The lowest BCUT2D eigenvalue weighted by Gasteiger charge is -2.24. The van der Waals surface area contributed by atoms with Gasteiger partial charge in [-0.25, -0.2) is 9.97 Å². The minimum atomic E-state index is -0.573. The first-order chi connectivity index (χ1) is 15.4. The molecule has 0 radical (unpaired) electrons. The molecule has 1 aliphatic heterocycles. The Morgan fingerprint density at radius 3 is 2.78 bits per heavy atom. The van der Waals surface area contributed by atoms with Crippen LogP contribution in [0.5, 0.6) is 0 Å². The number of nitro groups is 1. The zero-order valence-corrected chi connectivity index (χ0v) is 17.5. The van der Waals surface area contributed by atoms with Crippen LogP contribution in [0.25, 0.3) is 5.82 Å². The van der Waals surface area contributed by atoms with Crippen molar-refractivity contribution in [3.63, 3.8) is 0 Å². The number of aromatic nitrogens is 3. The Labute approximate surface area is 184 Å². The molecule has 1 fully saturated rings. The van der Waals surface area contributed by atoms with E-state index in [0.29, 0.717) is 30.6 Å². The summed E-state index contributed by atoms with van der Waals surface area (Å²) in [5, 5.41) is 13.9. The normalized spacial score (nSPS) is 15.5. The SMILES string of the molecule is Cc1cc(C(=O)N2CCCC2C(=O)NCc2ccc(-n3ccnc3)nc2)ccc1[N+](=O)[O-]. The van der Waals surface area contributed by atoms with Gasteiger partial charge in [0.05, 0.1) is 4.92 Å². The molecule has 0 spiro atoms. The molecule has 0 bridgehead atoms. The summed E-state index contributed by atoms with van der Waals surface area (Å²) in [6, 6.07) is 7.41. The number of nitrogens with zero attached hydrogens (tertiary/aromatic N) is 5. The minimum absolute atomic E-state index is 0.0371. The Balaban J connectivity index is 1.39. The molecule has 2 amide bonds. The number of pyridine rings is 1. The first-order valence-corrected chi connectivity index (χ1v) is 10.2. The number of hydrogen-bond acceptors (Lipinski definition) is 6. The van der Waals surface area contributed by atoms with Crippen LogP contribution in [-0.4, -0.2) is 48.8 Å². The summed E-state index contributed by atoms with van der Waals surface area (Å²) < 4.78 is 1.78. The second-order valence-electron chi connectivity index (χ2n) is 7.63. The van der Waals surface area contributed by atoms with Gasteiger partial charge in [-0.05, 0) is 43.5 Å². The summed E-state index contributed by atoms with van der Waals surface area (Å²) in [6.45, 7) is 2.36. The zero-order valence-electron chi connectivity index (χ0n) is 17.5. The predicted octanol–water partition coefficient (Wildman–Crippen LogP) is 2.40.